The zero-order chi connectivity index (χ0) is 40.3. The first-order chi connectivity index (χ1) is 28.9. The van der Waals surface area contributed by atoms with Crippen LogP contribution in [0.15, 0.2) is 159 Å². The summed E-state index contributed by atoms with van der Waals surface area (Å²) in [5, 5.41) is 1.92. The van der Waals surface area contributed by atoms with Gasteiger partial charge in [0, 0.05) is 23.3 Å². The number of benzene rings is 6. The SMILES string of the molecule is C=CC(=O)OCCOc1ccc2c(c1)-c1cc(OCCOC(=O)C=C)ccc1C2(c1ccc2nc(-c3ccccc3)sc2c1)c1ccc2nc(-c3ccccc3)sc2c1. The molecule has 0 unspecified atom stereocenters. The smallest absolute Gasteiger partial charge is 0.330 e. The van der Waals surface area contributed by atoms with Crippen LogP contribution >= 0.6 is 22.7 Å². The van der Waals surface area contributed by atoms with Crippen LogP contribution in [0, 0.1) is 0 Å². The minimum absolute atomic E-state index is 0.0799. The molecule has 0 aliphatic heterocycles. The van der Waals surface area contributed by atoms with Crippen LogP contribution in [0.1, 0.15) is 22.3 Å². The number of aromatic nitrogens is 2. The summed E-state index contributed by atoms with van der Waals surface area (Å²) in [5.74, 6) is 0.239. The molecule has 0 radical (unpaired) electrons. The van der Waals surface area contributed by atoms with Crippen molar-refractivity contribution in [3.05, 3.63) is 181 Å². The first-order valence-corrected chi connectivity index (χ1v) is 20.6. The minimum Gasteiger partial charge on any atom is -0.490 e. The number of hydrogen-bond donors (Lipinski definition) is 0. The number of carbonyl (C=O) groups excluding carboxylic acids is 2. The third kappa shape index (κ3) is 7.17. The summed E-state index contributed by atoms with van der Waals surface area (Å²) in [6.45, 7) is 7.43. The van der Waals surface area contributed by atoms with Crippen molar-refractivity contribution < 1.29 is 28.5 Å². The number of ether oxygens (including phenoxy) is 4. The lowest BCUT2D eigenvalue weighted by atomic mass is 9.67. The molecule has 0 spiro atoms. The molecule has 0 N–H and O–H groups in total. The van der Waals surface area contributed by atoms with E-state index in [1.54, 1.807) is 22.7 Å². The Labute approximate surface area is 348 Å². The maximum Gasteiger partial charge on any atom is 0.330 e. The predicted octanol–water partition coefficient (Wildman–Crippen LogP) is 10.8. The van der Waals surface area contributed by atoms with E-state index >= 15 is 0 Å². The van der Waals surface area contributed by atoms with Crippen molar-refractivity contribution in [2.45, 2.75) is 5.41 Å². The monoisotopic (exact) mass is 812 g/mol. The minimum atomic E-state index is -0.781. The molecular formula is C49H36N2O6S2. The maximum absolute atomic E-state index is 11.7. The van der Waals surface area contributed by atoms with Gasteiger partial charge in [0.05, 0.1) is 25.8 Å². The van der Waals surface area contributed by atoms with Gasteiger partial charge < -0.3 is 18.9 Å². The third-order valence-corrected chi connectivity index (χ3v) is 12.4. The van der Waals surface area contributed by atoms with Crippen molar-refractivity contribution in [2.24, 2.45) is 0 Å². The Balaban J connectivity index is 1.22. The zero-order valence-electron chi connectivity index (χ0n) is 31.8. The maximum atomic E-state index is 11.7. The fraction of sp³-hybridized carbons (Fsp3) is 0.102. The van der Waals surface area contributed by atoms with Gasteiger partial charge in [-0.25, -0.2) is 19.6 Å². The van der Waals surface area contributed by atoms with Crippen molar-refractivity contribution >= 4 is 55.0 Å². The number of hydrogen-bond acceptors (Lipinski definition) is 10. The molecule has 0 saturated carbocycles. The fourth-order valence-corrected chi connectivity index (χ4v) is 9.73. The Kier molecular flexibility index (Phi) is 10.3. The molecule has 59 heavy (non-hydrogen) atoms. The Morgan fingerprint density at radius 2 is 0.983 bits per heavy atom. The van der Waals surface area contributed by atoms with Gasteiger partial charge in [0.25, 0.3) is 0 Å². The summed E-state index contributed by atoms with van der Waals surface area (Å²) in [4.78, 5) is 33.5. The van der Waals surface area contributed by atoms with Gasteiger partial charge in [0.15, 0.2) is 0 Å². The van der Waals surface area contributed by atoms with E-state index in [1.165, 1.54) is 0 Å². The van der Waals surface area contributed by atoms with Crippen molar-refractivity contribution in [3.8, 4) is 43.8 Å². The summed E-state index contributed by atoms with van der Waals surface area (Å²) < 4.78 is 24.8. The van der Waals surface area contributed by atoms with Crippen LogP contribution in [-0.2, 0) is 24.5 Å². The highest BCUT2D eigenvalue weighted by Gasteiger charge is 2.47. The van der Waals surface area contributed by atoms with Gasteiger partial charge in [0.1, 0.15) is 47.9 Å². The molecule has 9 rings (SSSR count). The molecule has 1 aliphatic carbocycles. The summed E-state index contributed by atoms with van der Waals surface area (Å²) in [6, 6.07) is 46.0. The fourth-order valence-electron chi connectivity index (χ4n) is 7.71. The van der Waals surface area contributed by atoms with Crippen LogP contribution in [0.5, 0.6) is 11.5 Å². The molecule has 0 atom stereocenters. The van der Waals surface area contributed by atoms with E-state index in [9.17, 15) is 9.59 Å². The lowest BCUT2D eigenvalue weighted by molar-refractivity contribution is -0.139. The summed E-state index contributed by atoms with van der Waals surface area (Å²) in [6.07, 6.45) is 2.26. The number of thiazole rings is 2. The summed E-state index contributed by atoms with van der Waals surface area (Å²) in [5.41, 5.74) is 9.44. The van der Waals surface area contributed by atoms with Gasteiger partial charge in [-0.05, 0) is 81.9 Å². The van der Waals surface area contributed by atoms with E-state index in [0.29, 0.717) is 11.5 Å². The van der Waals surface area contributed by atoms with Gasteiger partial charge in [-0.3, -0.25) is 0 Å². The molecule has 2 aromatic heterocycles. The van der Waals surface area contributed by atoms with Gasteiger partial charge in [-0.2, -0.15) is 0 Å². The van der Waals surface area contributed by atoms with Crippen LogP contribution in [0.4, 0.5) is 0 Å². The second-order valence-corrected chi connectivity index (χ2v) is 15.8. The van der Waals surface area contributed by atoms with Gasteiger partial charge in [-0.1, -0.05) is 98.1 Å². The van der Waals surface area contributed by atoms with E-state index in [-0.39, 0.29) is 26.4 Å². The van der Waals surface area contributed by atoms with Gasteiger partial charge in [0.2, 0.25) is 0 Å². The molecule has 290 valence electrons. The van der Waals surface area contributed by atoms with E-state index in [2.05, 4.69) is 86.0 Å². The number of carbonyl (C=O) groups is 2. The van der Waals surface area contributed by atoms with Crippen molar-refractivity contribution in [1.29, 1.82) is 0 Å². The van der Waals surface area contributed by atoms with E-state index in [1.807, 2.05) is 60.7 Å². The molecule has 0 fully saturated rings. The van der Waals surface area contributed by atoms with Crippen molar-refractivity contribution in [3.63, 3.8) is 0 Å². The summed E-state index contributed by atoms with van der Waals surface area (Å²) in [7, 11) is 0. The Morgan fingerprint density at radius 1 is 0.542 bits per heavy atom. The predicted molar refractivity (Wildman–Crippen MR) is 234 cm³/mol. The topological polar surface area (TPSA) is 96.8 Å². The number of fused-ring (bicyclic) bond motifs is 5. The molecular weight excluding hydrogens is 777 g/mol. The molecule has 1 aliphatic rings. The van der Waals surface area contributed by atoms with Gasteiger partial charge in [-0.15, -0.1) is 22.7 Å². The standard InChI is InChI=1S/C49H36N2O6S2/c1-3-45(52)56-25-23-54-35-17-19-39-37(29-35)38-30-36(55-24-26-57-46(53)4-2)18-20-40(38)49(39,33-15-21-41-43(27-33)58-47(50-41)31-11-7-5-8-12-31)34-16-22-42-44(28-34)59-48(51-42)32-13-9-6-10-14-32/h3-22,27-30H,1-2,23-26H2. The highest BCUT2D eigenvalue weighted by Crippen LogP contribution is 2.58. The van der Waals surface area contributed by atoms with Crippen molar-refractivity contribution in [2.75, 3.05) is 26.4 Å². The zero-order valence-corrected chi connectivity index (χ0v) is 33.4. The van der Waals surface area contributed by atoms with Crippen LogP contribution in [0.25, 0.3) is 52.7 Å². The molecule has 2 heterocycles. The molecule has 8 nitrogen and oxygen atoms in total. The molecule has 0 amide bonds. The average Bonchev–Trinajstić information content (AvgIpc) is 3.99. The van der Waals surface area contributed by atoms with E-state index in [4.69, 9.17) is 28.9 Å². The largest absolute Gasteiger partial charge is 0.490 e. The van der Waals surface area contributed by atoms with Crippen LogP contribution < -0.4 is 9.47 Å². The van der Waals surface area contributed by atoms with Gasteiger partial charge >= 0.3 is 11.9 Å². The molecule has 6 aromatic carbocycles. The number of esters is 2. The van der Waals surface area contributed by atoms with Crippen molar-refractivity contribution in [1.82, 2.24) is 9.97 Å². The average molecular weight is 813 g/mol. The second-order valence-electron chi connectivity index (χ2n) is 13.7. The van der Waals surface area contributed by atoms with E-state index in [0.717, 1.165) is 87.1 Å². The third-order valence-electron chi connectivity index (χ3n) is 10.3. The Hall–Kier alpha value is -6.88. The number of nitrogens with zero attached hydrogens (tertiary/aromatic N) is 2. The van der Waals surface area contributed by atoms with Crippen LogP contribution in [0.2, 0.25) is 0 Å². The highest BCUT2D eigenvalue weighted by atomic mass is 32.1. The second kappa shape index (κ2) is 16.2. The molecule has 10 heteroatoms. The number of rotatable bonds is 14. The van der Waals surface area contributed by atoms with E-state index < -0.39 is 17.4 Å². The molecule has 0 bridgehead atoms. The Morgan fingerprint density at radius 3 is 1.41 bits per heavy atom. The lowest BCUT2D eigenvalue weighted by Crippen LogP contribution is -2.28. The lowest BCUT2D eigenvalue weighted by Gasteiger charge is -2.34. The summed E-state index contributed by atoms with van der Waals surface area (Å²) >= 11 is 3.35. The normalized spacial score (nSPS) is 12.4. The molecule has 8 aromatic rings. The van der Waals surface area contributed by atoms with Crippen LogP contribution in [0.3, 0.4) is 0 Å². The Bertz CT molecular complexity index is 2690. The van der Waals surface area contributed by atoms with Crippen LogP contribution in [-0.4, -0.2) is 48.3 Å². The molecule has 0 saturated heterocycles. The first-order valence-electron chi connectivity index (χ1n) is 19.0. The highest BCUT2D eigenvalue weighted by molar-refractivity contribution is 7.22. The quantitative estimate of drug-likeness (QED) is 0.0608. The first kappa shape index (κ1) is 37.7.